The smallest absolute Gasteiger partial charge is 0.243 e. The van der Waals surface area contributed by atoms with E-state index in [4.69, 9.17) is 11.6 Å². The molecule has 0 radical (unpaired) electrons. The Labute approximate surface area is 121 Å². The molecule has 1 aromatic heterocycles. The number of anilines is 1. The average molecular weight is 285 g/mol. The minimum Gasteiger partial charge on any atom is -0.345 e. The van der Waals surface area contributed by atoms with Gasteiger partial charge in [-0.15, -0.1) is 21.8 Å². The van der Waals surface area contributed by atoms with Crippen molar-refractivity contribution in [3.63, 3.8) is 0 Å². The van der Waals surface area contributed by atoms with Crippen LogP contribution in [0.25, 0.3) is 11.0 Å². The second-order valence-electron chi connectivity index (χ2n) is 4.39. The lowest BCUT2D eigenvalue weighted by molar-refractivity contribution is 0.856. The summed E-state index contributed by atoms with van der Waals surface area (Å²) in [6.45, 7) is 0. The predicted molar refractivity (Wildman–Crippen MR) is 80.9 cm³/mol. The molecule has 0 aliphatic carbocycles. The van der Waals surface area contributed by atoms with Crippen LogP contribution in [0.2, 0.25) is 0 Å². The fourth-order valence-corrected chi connectivity index (χ4v) is 2.25. The molecule has 20 heavy (non-hydrogen) atoms. The standard InChI is InChI=1S/C15H13ClN4/c16-10-14(11-6-2-1-3-7-11)18-15-17-12-8-4-5-9-13(12)19-20-15/h1-9,14H,10H2,(H,17,18,20). The number of nitrogens with one attached hydrogen (secondary N) is 1. The van der Waals surface area contributed by atoms with Gasteiger partial charge in [-0.3, -0.25) is 0 Å². The number of nitrogens with zero attached hydrogens (tertiary/aromatic N) is 3. The van der Waals surface area contributed by atoms with Gasteiger partial charge in [0.05, 0.1) is 11.6 Å². The summed E-state index contributed by atoms with van der Waals surface area (Å²) in [6, 6.07) is 17.6. The number of hydrogen-bond acceptors (Lipinski definition) is 4. The first-order chi connectivity index (χ1) is 9.86. The van der Waals surface area contributed by atoms with Crippen LogP contribution in [0.1, 0.15) is 11.6 Å². The van der Waals surface area contributed by atoms with Crippen molar-refractivity contribution in [2.24, 2.45) is 0 Å². The monoisotopic (exact) mass is 284 g/mol. The van der Waals surface area contributed by atoms with Crippen molar-refractivity contribution < 1.29 is 0 Å². The molecule has 1 N–H and O–H groups in total. The Kier molecular flexibility index (Phi) is 3.74. The van der Waals surface area contributed by atoms with Crippen molar-refractivity contribution in [2.45, 2.75) is 6.04 Å². The van der Waals surface area contributed by atoms with Crippen molar-refractivity contribution in [3.8, 4) is 0 Å². The first-order valence-electron chi connectivity index (χ1n) is 6.34. The molecule has 4 nitrogen and oxygen atoms in total. The number of halogens is 1. The van der Waals surface area contributed by atoms with Crippen LogP contribution in [0.15, 0.2) is 54.6 Å². The van der Waals surface area contributed by atoms with Gasteiger partial charge in [0, 0.05) is 5.88 Å². The quantitative estimate of drug-likeness (QED) is 0.746. The van der Waals surface area contributed by atoms with Crippen molar-refractivity contribution in [1.82, 2.24) is 15.2 Å². The predicted octanol–water partition coefficient (Wildman–Crippen LogP) is 3.42. The molecule has 2 aromatic carbocycles. The Balaban J connectivity index is 1.87. The Morgan fingerprint density at radius 2 is 1.60 bits per heavy atom. The summed E-state index contributed by atoms with van der Waals surface area (Å²) >= 11 is 6.03. The number of hydrogen-bond donors (Lipinski definition) is 1. The molecule has 100 valence electrons. The highest BCUT2D eigenvalue weighted by atomic mass is 35.5. The van der Waals surface area contributed by atoms with Gasteiger partial charge in [-0.05, 0) is 17.7 Å². The molecule has 1 atom stereocenters. The summed E-state index contributed by atoms with van der Waals surface area (Å²) < 4.78 is 0. The summed E-state index contributed by atoms with van der Waals surface area (Å²) in [5.41, 5.74) is 2.69. The molecule has 0 spiro atoms. The highest BCUT2D eigenvalue weighted by Crippen LogP contribution is 2.19. The SMILES string of the molecule is ClCC(Nc1nnc2ccccc2n1)c1ccccc1. The molecule has 5 heteroatoms. The van der Waals surface area contributed by atoms with Crippen LogP contribution in [0, 0.1) is 0 Å². The van der Waals surface area contributed by atoms with E-state index in [9.17, 15) is 0 Å². The number of para-hydroxylation sites is 1. The number of fused-ring (bicyclic) bond motifs is 1. The van der Waals surface area contributed by atoms with Gasteiger partial charge in [-0.1, -0.05) is 42.5 Å². The van der Waals surface area contributed by atoms with Crippen molar-refractivity contribution in [3.05, 3.63) is 60.2 Å². The fourth-order valence-electron chi connectivity index (χ4n) is 1.99. The summed E-state index contributed by atoms with van der Waals surface area (Å²) in [4.78, 5) is 4.45. The van der Waals surface area contributed by atoms with E-state index < -0.39 is 0 Å². The lowest BCUT2D eigenvalue weighted by atomic mass is 10.1. The van der Waals surface area contributed by atoms with Crippen molar-refractivity contribution in [2.75, 3.05) is 11.2 Å². The van der Waals surface area contributed by atoms with Crippen LogP contribution in [0.4, 0.5) is 5.95 Å². The van der Waals surface area contributed by atoms with E-state index in [1.165, 1.54) is 0 Å². The molecule has 0 aliphatic rings. The summed E-state index contributed by atoms with van der Waals surface area (Å²) in [5.74, 6) is 0.915. The molecule has 0 saturated heterocycles. The Bertz CT molecular complexity index is 702. The minimum absolute atomic E-state index is 0.0409. The zero-order chi connectivity index (χ0) is 13.8. The normalized spacial score (nSPS) is 12.2. The zero-order valence-corrected chi connectivity index (χ0v) is 11.5. The second kappa shape index (κ2) is 5.84. The number of alkyl halides is 1. The van der Waals surface area contributed by atoms with Gasteiger partial charge in [0.1, 0.15) is 5.52 Å². The average Bonchev–Trinajstić information content (AvgIpc) is 2.53. The highest BCUT2D eigenvalue weighted by Gasteiger charge is 2.11. The fraction of sp³-hybridized carbons (Fsp3) is 0.133. The molecule has 0 bridgehead atoms. The summed E-state index contributed by atoms with van der Waals surface area (Å²) in [7, 11) is 0. The van der Waals surface area contributed by atoms with E-state index in [-0.39, 0.29) is 6.04 Å². The molecular weight excluding hydrogens is 272 g/mol. The van der Waals surface area contributed by atoms with E-state index in [1.807, 2.05) is 54.6 Å². The minimum atomic E-state index is -0.0409. The molecule has 3 rings (SSSR count). The summed E-state index contributed by atoms with van der Waals surface area (Å²) in [5, 5.41) is 11.5. The van der Waals surface area contributed by atoms with E-state index in [0.29, 0.717) is 11.8 Å². The molecule has 3 aromatic rings. The van der Waals surface area contributed by atoms with Gasteiger partial charge in [0.15, 0.2) is 0 Å². The topological polar surface area (TPSA) is 50.7 Å². The maximum atomic E-state index is 6.03. The molecule has 0 fully saturated rings. The van der Waals surface area contributed by atoms with Crippen LogP contribution in [0.3, 0.4) is 0 Å². The zero-order valence-electron chi connectivity index (χ0n) is 10.7. The molecule has 0 aliphatic heterocycles. The number of aromatic nitrogens is 3. The number of benzene rings is 2. The Morgan fingerprint density at radius 1 is 0.900 bits per heavy atom. The highest BCUT2D eigenvalue weighted by molar-refractivity contribution is 6.18. The molecular formula is C15H13ClN4. The lowest BCUT2D eigenvalue weighted by Gasteiger charge is -2.16. The van der Waals surface area contributed by atoms with E-state index >= 15 is 0 Å². The van der Waals surface area contributed by atoms with E-state index in [1.54, 1.807) is 0 Å². The van der Waals surface area contributed by atoms with Crippen molar-refractivity contribution >= 4 is 28.6 Å². The van der Waals surface area contributed by atoms with Crippen molar-refractivity contribution in [1.29, 1.82) is 0 Å². The first kappa shape index (κ1) is 12.8. The maximum absolute atomic E-state index is 6.03. The third-order valence-electron chi connectivity index (χ3n) is 3.02. The number of rotatable bonds is 4. The van der Waals surface area contributed by atoms with Crippen LogP contribution in [-0.4, -0.2) is 21.1 Å². The van der Waals surface area contributed by atoms with Gasteiger partial charge in [0.2, 0.25) is 5.95 Å². The van der Waals surface area contributed by atoms with Gasteiger partial charge in [0.25, 0.3) is 0 Å². The molecule has 0 amide bonds. The largest absolute Gasteiger partial charge is 0.345 e. The lowest BCUT2D eigenvalue weighted by Crippen LogP contribution is -2.14. The van der Waals surface area contributed by atoms with Gasteiger partial charge >= 0.3 is 0 Å². The van der Waals surface area contributed by atoms with Crippen LogP contribution in [-0.2, 0) is 0 Å². The summed E-state index contributed by atoms with van der Waals surface area (Å²) in [6.07, 6.45) is 0. The Morgan fingerprint density at radius 3 is 2.35 bits per heavy atom. The first-order valence-corrected chi connectivity index (χ1v) is 6.87. The van der Waals surface area contributed by atoms with Crippen LogP contribution >= 0.6 is 11.6 Å². The Hall–Kier alpha value is -2.20. The van der Waals surface area contributed by atoms with Crippen LogP contribution in [0.5, 0.6) is 0 Å². The third-order valence-corrected chi connectivity index (χ3v) is 3.33. The molecule has 1 unspecified atom stereocenters. The molecule has 0 saturated carbocycles. The van der Waals surface area contributed by atoms with E-state index in [0.717, 1.165) is 16.6 Å². The van der Waals surface area contributed by atoms with E-state index in [2.05, 4.69) is 20.5 Å². The van der Waals surface area contributed by atoms with Crippen LogP contribution < -0.4 is 5.32 Å². The van der Waals surface area contributed by atoms with Gasteiger partial charge in [-0.25, -0.2) is 4.98 Å². The second-order valence-corrected chi connectivity index (χ2v) is 4.69. The third kappa shape index (κ3) is 2.70. The van der Waals surface area contributed by atoms with Gasteiger partial charge < -0.3 is 5.32 Å². The maximum Gasteiger partial charge on any atom is 0.243 e. The van der Waals surface area contributed by atoms with Gasteiger partial charge in [-0.2, -0.15) is 0 Å². The molecule has 1 heterocycles.